The van der Waals surface area contributed by atoms with Crippen LogP contribution in [-0.2, 0) is 4.79 Å². The average molecular weight is 635 g/mol. The van der Waals surface area contributed by atoms with Crippen molar-refractivity contribution in [2.24, 2.45) is 23.5 Å². The zero-order valence-electron chi connectivity index (χ0n) is 24.2. The fraction of sp³-hybridized carbons (Fsp3) is 0.452. The molecule has 2 fully saturated rings. The maximum absolute atomic E-state index is 14.5. The normalized spacial score (nSPS) is 22.9. The SMILES string of the molecule is CCC1CC(NC/C(C(=O)C2CC2)=C(/N)c2ccccc2OC(F)(F)F)CC(C)C1Nc1nc2c(F)cc(C(=O)O)cc2s1. The Kier molecular flexibility index (Phi) is 9.17. The number of carbonyl (C=O) groups excluding carboxylic acids is 1. The highest BCUT2D eigenvalue weighted by molar-refractivity contribution is 7.22. The van der Waals surface area contributed by atoms with Gasteiger partial charge in [-0.3, -0.25) is 4.79 Å². The van der Waals surface area contributed by atoms with Crippen LogP contribution in [0.3, 0.4) is 0 Å². The van der Waals surface area contributed by atoms with Gasteiger partial charge in [-0.25, -0.2) is 14.2 Å². The topological polar surface area (TPSA) is 127 Å². The first kappa shape index (κ1) is 31.7. The van der Waals surface area contributed by atoms with Gasteiger partial charge in [-0.15, -0.1) is 13.2 Å². The number of benzene rings is 2. The molecule has 3 aromatic rings. The first-order valence-electron chi connectivity index (χ1n) is 14.6. The molecule has 0 aliphatic heterocycles. The third-order valence-electron chi connectivity index (χ3n) is 8.42. The molecule has 2 aliphatic carbocycles. The van der Waals surface area contributed by atoms with Gasteiger partial charge in [-0.05, 0) is 61.8 Å². The predicted molar refractivity (Wildman–Crippen MR) is 160 cm³/mol. The first-order chi connectivity index (χ1) is 20.8. The predicted octanol–water partition coefficient (Wildman–Crippen LogP) is 6.58. The van der Waals surface area contributed by atoms with E-state index in [0.29, 0.717) is 9.83 Å². The number of thiazole rings is 1. The highest BCUT2D eigenvalue weighted by atomic mass is 32.1. The molecule has 0 spiro atoms. The number of hydrogen-bond donors (Lipinski definition) is 4. The number of carbonyl (C=O) groups is 2. The Morgan fingerprint density at radius 1 is 1.18 bits per heavy atom. The van der Waals surface area contributed by atoms with E-state index in [1.165, 1.54) is 35.6 Å². The highest BCUT2D eigenvalue weighted by Crippen LogP contribution is 2.38. The number of halogens is 4. The molecule has 1 heterocycles. The first-order valence-corrected chi connectivity index (χ1v) is 15.4. The molecule has 0 amide bonds. The number of aromatic carboxylic acids is 1. The number of carboxylic acid groups (broad SMARTS) is 1. The molecule has 2 aliphatic rings. The summed E-state index contributed by atoms with van der Waals surface area (Å²) in [6, 6.07) is 7.95. The van der Waals surface area contributed by atoms with Gasteiger partial charge in [0.1, 0.15) is 11.3 Å². The molecule has 236 valence electrons. The molecule has 5 rings (SSSR count). The maximum atomic E-state index is 14.5. The van der Waals surface area contributed by atoms with E-state index in [9.17, 15) is 32.3 Å². The van der Waals surface area contributed by atoms with E-state index < -0.39 is 23.9 Å². The van der Waals surface area contributed by atoms with Crippen LogP contribution in [0.25, 0.3) is 15.9 Å². The Hall–Kier alpha value is -3.71. The molecule has 8 nitrogen and oxygen atoms in total. The Morgan fingerprint density at radius 3 is 2.57 bits per heavy atom. The van der Waals surface area contributed by atoms with Crippen molar-refractivity contribution in [2.45, 2.75) is 64.4 Å². The number of nitrogens with zero attached hydrogens (tertiary/aromatic N) is 1. The lowest BCUT2D eigenvalue weighted by Crippen LogP contribution is -2.48. The van der Waals surface area contributed by atoms with E-state index in [0.717, 1.165) is 38.2 Å². The molecule has 0 radical (unpaired) electrons. The van der Waals surface area contributed by atoms with Crippen LogP contribution >= 0.6 is 11.3 Å². The van der Waals surface area contributed by atoms with E-state index in [2.05, 4.69) is 34.2 Å². The number of nitrogens with one attached hydrogen (secondary N) is 2. The Bertz CT molecular complexity index is 1590. The number of ether oxygens (including phenoxy) is 1. The molecule has 44 heavy (non-hydrogen) atoms. The van der Waals surface area contributed by atoms with Crippen molar-refractivity contribution in [2.75, 3.05) is 11.9 Å². The van der Waals surface area contributed by atoms with Gasteiger partial charge in [0.05, 0.1) is 16.0 Å². The Balaban J connectivity index is 1.32. The van der Waals surface area contributed by atoms with E-state index in [1.807, 2.05) is 0 Å². The van der Waals surface area contributed by atoms with Gasteiger partial charge >= 0.3 is 12.3 Å². The lowest BCUT2D eigenvalue weighted by Gasteiger charge is -2.41. The van der Waals surface area contributed by atoms with E-state index in [4.69, 9.17) is 5.73 Å². The fourth-order valence-corrected chi connectivity index (χ4v) is 7.02. The van der Waals surface area contributed by atoms with Crippen LogP contribution in [0, 0.1) is 23.6 Å². The van der Waals surface area contributed by atoms with Gasteiger partial charge in [0.25, 0.3) is 0 Å². The summed E-state index contributed by atoms with van der Waals surface area (Å²) in [7, 11) is 0. The molecule has 13 heteroatoms. The van der Waals surface area contributed by atoms with Crippen LogP contribution in [0.5, 0.6) is 5.75 Å². The number of alkyl halides is 3. The molecule has 5 N–H and O–H groups in total. The van der Waals surface area contributed by atoms with Gasteiger partial charge in [-0.1, -0.05) is 43.7 Å². The number of rotatable bonds is 11. The highest BCUT2D eigenvalue weighted by Gasteiger charge is 2.38. The molecular weight excluding hydrogens is 600 g/mol. The van der Waals surface area contributed by atoms with Crippen LogP contribution in [0.4, 0.5) is 22.7 Å². The van der Waals surface area contributed by atoms with Crippen molar-refractivity contribution in [3.8, 4) is 5.75 Å². The standard InChI is InChI=1S/C31H34F4N4O4S/c1-3-16-11-19(10-15(2)26(16)38-30-39-27-22(32)12-18(29(41)42)13-24(27)44-30)37-14-21(28(40)17-8-9-17)25(36)20-6-4-5-7-23(20)43-31(33,34)35/h4-7,12-13,15-17,19,26,37H,3,8-11,14,36H2,1-2H3,(H,38,39)(H,41,42)/b25-21-. The number of aromatic nitrogens is 1. The summed E-state index contributed by atoms with van der Waals surface area (Å²) in [5.74, 6) is -2.38. The second-order valence-electron chi connectivity index (χ2n) is 11.6. The quantitative estimate of drug-likeness (QED) is 0.138. The summed E-state index contributed by atoms with van der Waals surface area (Å²) in [4.78, 5) is 29.0. The molecule has 4 unspecified atom stereocenters. The number of hydrogen-bond acceptors (Lipinski definition) is 8. The van der Waals surface area contributed by atoms with Gasteiger partial charge in [0.2, 0.25) is 0 Å². The summed E-state index contributed by atoms with van der Waals surface area (Å²) in [6.45, 7) is 4.27. The molecule has 2 aromatic carbocycles. The molecule has 4 atom stereocenters. The van der Waals surface area contributed by atoms with Gasteiger partial charge in [0, 0.05) is 35.7 Å². The zero-order chi connectivity index (χ0) is 31.8. The number of ketones is 1. The minimum Gasteiger partial charge on any atom is -0.478 e. The number of nitrogens with two attached hydrogens (primary N) is 1. The number of anilines is 1. The summed E-state index contributed by atoms with van der Waals surface area (Å²) < 4.78 is 58.4. The molecule has 1 aromatic heterocycles. The second kappa shape index (κ2) is 12.7. The van der Waals surface area contributed by atoms with E-state index in [-0.39, 0.29) is 70.1 Å². The number of para-hydroxylation sites is 1. The molecule has 0 bridgehead atoms. The lowest BCUT2D eigenvalue weighted by atomic mass is 9.74. The summed E-state index contributed by atoms with van der Waals surface area (Å²) >= 11 is 1.20. The van der Waals surface area contributed by atoms with E-state index in [1.54, 1.807) is 6.07 Å². The van der Waals surface area contributed by atoms with Crippen molar-refractivity contribution >= 4 is 44.1 Å². The number of Topliss-reactive ketones (excluding diaryl/α,β-unsaturated/α-hetero) is 1. The van der Waals surface area contributed by atoms with Crippen molar-refractivity contribution in [3.05, 3.63) is 58.9 Å². The smallest absolute Gasteiger partial charge is 0.478 e. The minimum atomic E-state index is -4.91. The summed E-state index contributed by atoms with van der Waals surface area (Å²) in [5, 5.41) is 16.7. The van der Waals surface area contributed by atoms with Crippen LogP contribution in [-0.4, -0.2) is 46.8 Å². The number of fused-ring (bicyclic) bond motifs is 1. The van der Waals surface area contributed by atoms with Crippen LogP contribution in [0.15, 0.2) is 42.0 Å². The van der Waals surface area contributed by atoms with Gasteiger partial charge < -0.3 is 26.2 Å². The van der Waals surface area contributed by atoms with Crippen molar-refractivity contribution in [1.29, 1.82) is 0 Å². The van der Waals surface area contributed by atoms with Crippen molar-refractivity contribution in [3.63, 3.8) is 0 Å². The fourth-order valence-electron chi connectivity index (χ4n) is 6.05. The summed E-state index contributed by atoms with van der Waals surface area (Å²) in [5.41, 5.74) is 6.63. The third-order valence-corrected chi connectivity index (χ3v) is 9.35. The number of carboxylic acids is 1. The zero-order valence-corrected chi connectivity index (χ0v) is 25.0. The molecule has 0 saturated heterocycles. The Morgan fingerprint density at radius 2 is 1.91 bits per heavy atom. The van der Waals surface area contributed by atoms with Crippen molar-refractivity contribution in [1.82, 2.24) is 10.3 Å². The maximum Gasteiger partial charge on any atom is 0.573 e. The van der Waals surface area contributed by atoms with E-state index >= 15 is 0 Å². The lowest BCUT2D eigenvalue weighted by molar-refractivity contribution is -0.274. The molecule has 2 saturated carbocycles. The monoisotopic (exact) mass is 634 g/mol. The Labute approximate surface area is 255 Å². The minimum absolute atomic E-state index is 0.00964. The van der Waals surface area contributed by atoms with Crippen LogP contribution in [0.1, 0.15) is 61.9 Å². The van der Waals surface area contributed by atoms with Crippen molar-refractivity contribution < 1.29 is 37.0 Å². The second-order valence-corrected chi connectivity index (χ2v) is 12.6. The largest absolute Gasteiger partial charge is 0.573 e. The summed E-state index contributed by atoms with van der Waals surface area (Å²) in [6.07, 6.45) is -1.16. The molecular formula is C31H34F4N4O4S. The third kappa shape index (κ3) is 7.15. The van der Waals surface area contributed by atoms with Gasteiger partial charge in [0.15, 0.2) is 16.7 Å². The van der Waals surface area contributed by atoms with Crippen LogP contribution < -0.4 is 21.1 Å². The van der Waals surface area contributed by atoms with Gasteiger partial charge in [-0.2, -0.15) is 0 Å². The van der Waals surface area contributed by atoms with Crippen LogP contribution in [0.2, 0.25) is 0 Å². The average Bonchev–Trinajstić information content (AvgIpc) is 3.73.